The first-order valence-corrected chi connectivity index (χ1v) is 14.9. The van der Waals surface area contributed by atoms with Crippen LogP contribution in [0.2, 0.25) is 0 Å². The number of aliphatic carboxylic acids is 1. The Morgan fingerprint density at radius 3 is 1.57 bits per heavy atom. The molecule has 0 aliphatic rings. The van der Waals surface area contributed by atoms with Crippen molar-refractivity contribution in [1.82, 2.24) is 0 Å². The van der Waals surface area contributed by atoms with Crippen molar-refractivity contribution in [3.05, 3.63) is 0 Å². The average Bonchev–Trinajstić information content (AvgIpc) is 2.75. The van der Waals surface area contributed by atoms with E-state index < -0.39 is 12.1 Å². The zero-order valence-electron chi connectivity index (χ0n) is 24.1. The Kier molecular flexibility index (Phi) is 21.4. The summed E-state index contributed by atoms with van der Waals surface area (Å²) in [5.74, 6) is -0.264. The van der Waals surface area contributed by atoms with E-state index in [-0.39, 0.29) is 12.4 Å². The van der Waals surface area contributed by atoms with E-state index in [1.54, 1.807) is 0 Å². The van der Waals surface area contributed by atoms with Crippen molar-refractivity contribution in [3.8, 4) is 0 Å². The van der Waals surface area contributed by atoms with Gasteiger partial charge in [0.15, 0.2) is 6.10 Å². The second kappa shape index (κ2) is 22.1. The molecule has 0 aliphatic heterocycles. The third kappa shape index (κ3) is 25.8. The van der Waals surface area contributed by atoms with Gasteiger partial charge in [-0.2, -0.15) is 0 Å². The van der Waals surface area contributed by atoms with Gasteiger partial charge in [-0.25, -0.2) is 0 Å². The van der Waals surface area contributed by atoms with Crippen LogP contribution in [-0.4, -0.2) is 55.3 Å². The van der Waals surface area contributed by atoms with Gasteiger partial charge >= 0.3 is 11.9 Å². The summed E-state index contributed by atoms with van der Waals surface area (Å²) in [4.78, 5) is 23.1. The molecular weight excluding hydrogens is 438 g/mol. The number of quaternary nitrogens is 1. The van der Waals surface area contributed by atoms with Crippen molar-refractivity contribution in [2.24, 2.45) is 5.92 Å². The summed E-state index contributed by atoms with van der Waals surface area (Å²) in [5.41, 5.74) is 0. The van der Waals surface area contributed by atoms with Gasteiger partial charge in [-0.15, -0.1) is 0 Å². The lowest BCUT2D eigenvalue weighted by Gasteiger charge is -2.28. The van der Waals surface area contributed by atoms with Crippen molar-refractivity contribution >= 4 is 11.9 Å². The summed E-state index contributed by atoms with van der Waals surface area (Å²) < 4.78 is 6.02. The van der Waals surface area contributed by atoms with E-state index >= 15 is 0 Å². The van der Waals surface area contributed by atoms with Gasteiger partial charge in [-0.3, -0.25) is 9.59 Å². The van der Waals surface area contributed by atoms with Crippen LogP contribution in [0.25, 0.3) is 0 Å². The first-order chi connectivity index (χ1) is 16.6. The number of unbranched alkanes of at least 4 members (excludes halogenated alkanes) is 14. The summed E-state index contributed by atoms with van der Waals surface area (Å²) in [6.07, 6.45) is 23.4. The molecule has 0 aromatic carbocycles. The number of carboxylic acids is 1. The van der Waals surface area contributed by atoms with Crippen LogP contribution in [0.1, 0.15) is 142 Å². The number of hydrogen-bond acceptors (Lipinski definition) is 3. The second-order valence-corrected chi connectivity index (χ2v) is 11.9. The molecule has 5 heteroatoms. The molecule has 0 heterocycles. The standard InChI is InChI=1S/C30H59NO4/c1-6-7-8-19-22-27(2)23-20-17-15-13-11-9-10-12-14-16-18-21-24-30(34)35-28(25-29(32)33)26-31(3,4)5/h27-28H,6-26H2,1-5H3/p+1. The predicted molar refractivity (Wildman–Crippen MR) is 148 cm³/mol. The molecule has 0 aromatic rings. The van der Waals surface area contributed by atoms with Crippen molar-refractivity contribution in [1.29, 1.82) is 0 Å². The molecule has 0 aliphatic carbocycles. The SMILES string of the molecule is CCCCCCC(C)CCCCCCCCCCCCCCC(=O)OC(CC(=O)O)C[N+](C)(C)C. The van der Waals surface area contributed by atoms with Crippen LogP contribution in [0.3, 0.4) is 0 Å². The highest BCUT2D eigenvalue weighted by Crippen LogP contribution is 2.18. The lowest BCUT2D eigenvalue weighted by atomic mass is 9.96. The van der Waals surface area contributed by atoms with Gasteiger partial charge in [0.25, 0.3) is 0 Å². The molecule has 0 aromatic heterocycles. The first-order valence-electron chi connectivity index (χ1n) is 14.9. The highest BCUT2D eigenvalue weighted by atomic mass is 16.5. The van der Waals surface area contributed by atoms with Crippen molar-refractivity contribution < 1.29 is 23.9 Å². The molecule has 0 radical (unpaired) electrons. The van der Waals surface area contributed by atoms with Crippen LogP contribution >= 0.6 is 0 Å². The number of carboxylic acid groups (broad SMARTS) is 1. The van der Waals surface area contributed by atoms with Gasteiger partial charge in [0.2, 0.25) is 0 Å². The van der Waals surface area contributed by atoms with Crippen LogP contribution in [-0.2, 0) is 14.3 Å². The molecule has 208 valence electrons. The minimum absolute atomic E-state index is 0.125. The van der Waals surface area contributed by atoms with Crippen molar-refractivity contribution in [2.45, 2.75) is 148 Å². The Labute approximate surface area is 218 Å². The number of rotatable bonds is 25. The molecule has 35 heavy (non-hydrogen) atoms. The van der Waals surface area contributed by atoms with E-state index in [2.05, 4.69) is 13.8 Å². The van der Waals surface area contributed by atoms with E-state index in [0.29, 0.717) is 17.4 Å². The molecule has 0 spiro atoms. The minimum atomic E-state index is -0.922. The summed E-state index contributed by atoms with van der Waals surface area (Å²) in [6, 6.07) is 0. The first kappa shape index (κ1) is 33.9. The van der Waals surface area contributed by atoms with Crippen molar-refractivity contribution in [2.75, 3.05) is 27.7 Å². The number of carbonyl (C=O) groups excluding carboxylic acids is 1. The molecule has 0 rings (SSSR count). The third-order valence-corrected chi connectivity index (χ3v) is 6.83. The quantitative estimate of drug-likeness (QED) is 0.0783. The second-order valence-electron chi connectivity index (χ2n) is 11.9. The monoisotopic (exact) mass is 498 g/mol. The lowest BCUT2D eigenvalue weighted by Crippen LogP contribution is -2.43. The fourth-order valence-corrected chi connectivity index (χ4v) is 4.79. The maximum absolute atomic E-state index is 12.1. The van der Waals surface area contributed by atoms with Gasteiger partial charge in [0.1, 0.15) is 6.54 Å². The van der Waals surface area contributed by atoms with E-state index in [4.69, 9.17) is 9.84 Å². The number of esters is 1. The summed E-state index contributed by atoms with van der Waals surface area (Å²) in [7, 11) is 5.92. The zero-order valence-corrected chi connectivity index (χ0v) is 24.1. The Bertz CT molecular complexity index is 515. The molecule has 5 nitrogen and oxygen atoms in total. The van der Waals surface area contributed by atoms with Gasteiger partial charge in [-0.1, -0.05) is 123 Å². The van der Waals surface area contributed by atoms with Crippen LogP contribution in [0.5, 0.6) is 0 Å². The van der Waals surface area contributed by atoms with E-state index in [1.807, 2.05) is 21.1 Å². The number of likely N-dealkylation sites (N-methyl/N-ethyl adjacent to an activating group) is 1. The fraction of sp³-hybridized carbons (Fsp3) is 0.933. The van der Waals surface area contributed by atoms with Gasteiger partial charge in [0, 0.05) is 6.42 Å². The summed E-state index contributed by atoms with van der Waals surface area (Å²) in [6.45, 7) is 5.23. The van der Waals surface area contributed by atoms with Gasteiger partial charge in [-0.05, 0) is 12.3 Å². The largest absolute Gasteiger partial charge is 0.481 e. The Balaban J connectivity index is 3.51. The highest BCUT2D eigenvalue weighted by Gasteiger charge is 2.24. The number of hydrogen-bond donors (Lipinski definition) is 1. The van der Waals surface area contributed by atoms with Crippen LogP contribution in [0.15, 0.2) is 0 Å². The van der Waals surface area contributed by atoms with Crippen molar-refractivity contribution in [3.63, 3.8) is 0 Å². The minimum Gasteiger partial charge on any atom is -0.481 e. The van der Waals surface area contributed by atoms with Crippen LogP contribution < -0.4 is 0 Å². The Morgan fingerprint density at radius 2 is 1.14 bits per heavy atom. The van der Waals surface area contributed by atoms with Gasteiger partial charge < -0.3 is 14.3 Å². The average molecular weight is 499 g/mol. The van der Waals surface area contributed by atoms with Crippen LogP contribution in [0.4, 0.5) is 0 Å². The smallest absolute Gasteiger partial charge is 0.307 e. The maximum Gasteiger partial charge on any atom is 0.307 e. The molecule has 0 fully saturated rings. The normalized spacial score (nSPS) is 13.5. The predicted octanol–water partition coefficient (Wildman–Crippen LogP) is 8.15. The van der Waals surface area contributed by atoms with E-state index in [9.17, 15) is 9.59 Å². The van der Waals surface area contributed by atoms with Crippen LogP contribution in [0, 0.1) is 5.92 Å². The molecule has 0 bridgehead atoms. The third-order valence-electron chi connectivity index (χ3n) is 6.83. The number of ether oxygens (including phenoxy) is 1. The number of nitrogens with zero attached hydrogens (tertiary/aromatic N) is 1. The summed E-state index contributed by atoms with van der Waals surface area (Å²) >= 11 is 0. The topological polar surface area (TPSA) is 63.6 Å². The Morgan fingerprint density at radius 1 is 0.714 bits per heavy atom. The zero-order chi connectivity index (χ0) is 26.4. The van der Waals surface area contributed by atoms with E-state index in [0.717, 1.165) is 18.8 Å². The summed E-state index contributed by atoms with van der Waals surface area (Å²) in [5, 5.41) is 9.05. The molecule has 0 amide bonds. The lowest BCUT2D eigenvalue weighted by molar-refractivity contribution is -0.873. The molecule has 0 saturated heterocycles. The molecule has 0 saturated carbocycles. The Hall–Kier alpha value is -1.10. The molecule has 2 atom stereocenters. The van der Waals surface area contributed by atoms with Gasteiger partial charge in [0.05, 0.1) is 27.6 Å². The molecule has 1 N–H and O–H groups in total. The molecular formula is C30H60NO4+. The number of carbonyl (C=O) groups is 2. The van der Waals surface area contributed by atoms with E-state index in [1.165, 1.54) is 103 Å². The maximum atomic E-state index is 12.1. The highest BCUT2D eigenvalue weighted by molar-refractivity contribution is 5.71. The molecule has 2 unspecified atom stereocenters. The fourth-order valence-electron chi connectivity index (χ4n) is 4.79.